The van der Waals surface area contributed by atoms with Crippen LogP contribution in [-0.4, -0.2) is 51.2 Å². The second-order valence-electron chi connectivity index (χ2n) is 5.06. The van der Waals surface area contributed by atoms with Crippen molar-refractivity contribution in [2.24, 2.45) is 0 Å². The molecule has 1 aliphatic rings. The highest BCUT2D eigenvalue weighted by Crippen LogP contribution is 2.11. The topological polar surface area (TPSA) is 69.6 Å². The minimum atomic E-state index is -3.42. The average Bonchev–Trinajstić information content (AvgIpc) is 2.93. The number of likely N-dealkylation sites (tertiary alicyclic amines) is 1. The molecular formula is C14H22N2O3S. The lowest BCUT2D eigenvalue weighted by atomic mass is 10.2. The predicted molar refractivity (Wildman–Crippen MR) is 78.1 cm³/mol. The van der Waals surface area contributed by atoms with Gasteiger partial charge in [0.1, 0.15) is 0 Å². The van der Waals surface area contributed by atoms with Gasteiger partial charge in [0.25, 0.3) is 0 Å². The highest BCUT2D eigenvalue weighted by atomic mass is 32.2. The van der Waals surface area contributed by atoms with E-state index in [1.165, 1.54) is 12.8 Å². The van der Waals surface area contributed by atoms with E-state index in [1.807, 2.05) is 0 Å². The minimum absolute atomic E-state index is 0.0696. The van der Waals surface area contributed by atoms with Gasteiger partial charge in [-0.05, 0) is 50.0 Å². The molecule has 20 heavy (non-hydrogen) atoms. The molecule has 0 aromatic heterocycles. The molecule has 0 spiro atoms. The number of hydrogen-bond acceptors (Lipinski definition) is 4. The van der Waals surface area contributed by atoms with E-state index in [-0.39, 0.29) is 11.5 Å². The van der Waals surface area contributed by atoms with E-state index in [0.717, 1.165) is 25.2 Å². The Morgan fingerprint density at radius 1 is 1.15 bits per heavy atom. The minimum Gasteiger partial charge on any atom is -0.396 e. The van der Waals surface area contributed by atoms with E-state index < -0.39 is 10.0 Å². The van der Waals surface area contributed by atoms with E-state index in [1.54, 1.807) is 24.3 Å². The summed E-state index contributed by atoms with van der Waals surface area (Å²) >= 11 is 0. The molecule has 0 bridgehead atoms. The number of nitrogens with one attached hydrogen (secondary N) is 1. The smallest absolute Gasteiger partial charge is 0.240 e. The molecule has 1 aliphatic heterocycles. The molecule has 2 N–H and O–H groups in total. The summed E-state index contributed by atoms with van der Waals surface area (Å²) in [6, 6.07) is 6.66. The van der Waals surface area contributed by atoms with Gasteiger partial charge in [0.2, 0.25) is 10.0 Å². The Kier molecular flexibility index (Phi) is 5.54. The molecule has 0 amide bonds. The Morgan fingerprint density at radius 3 is 2.40 bits per heavy atom. The highest BCUT2D eigenvalue weighted by molar-refractivity contribution is 7.89. The van der Waals surface area contributed by atoms with E-state index in [9.17, 15) is 8.42 Å². The number of hydrogen-bond donors (Lipinski definition) is 2. The molecular weight excluding hydrogens is 276 g/mol. The van der Waals surface area contributed by atoms with Crippen LogP contribution in [0.25, 0.3) is 0 Å². The first-order chi connectivity index (χ1) is 9.62. The molecule has 0 atom stereocenters. The van der Waals surface area contributed by atoms with Gasteiger partial charge in [0.15, 0.2) is 0 Å². The number of aliphatic hydroxyl groups is 1. The fourth-order valence-electron chi connectivity index (χ4n) is 2.39. The van der Waals surface area contributed by atoms with E-state index in [4.69, 9.17) is 5.11 Å². The van der Waals surface area contributed by atoms with Crippen LogP contribution in [0.4, 0.5) is 0 Å². The van der Waals surface area contributed by atoms with Crippen LogP contribution in [0.2, 0.25) is 0 Å². The van der Waals surface area contributed by atoms with Crippen molar-refractivity contribution in [3.05, 3.63) is 29.8 Å². The number of nitrogens with zero attached hydrogens (tertiary/aromatic N) is 1. The van der Waals surface area contributed by atoms with E-state index in [0.29, 0.717) is 13.0 Å². The van der Waals surface area contributed by atoms with Crippen molar-refractivity contribution in [2.75, 3.05) is 32.8 Å². The van der Waals surface area contributed by atoms with Crippen molar-refractivity contribution in [3.8, 4) is 0 Å². The molecule has 112 valence electrons. The van der Waals surface area contributed by atoms with Crippen molar-refractivity contribution < 1.29 is 13.5 Å². The first-order valence-corrected chi connectivity index (χ1v) is 8.52. The Balaban J connectivity index is 1.88. The van der Waals surface area contributed by atoms with Crippen molar-refractivity contribution in [1.29, 1.82) is 0 Å². The van der Waals surface area contributed by atoms with Crippen LogP contribution in [-0.2, 0) is 16.4 Å². The largest absolute Gasteiger partial charge is 0.396 e. The molecule has 6 heteroatoms. The van der Waals surface area contributed by atoms with Crippen molar-refractivity contribution in [1.82, 2.24) is 9.62 Å². The normalized spacial score (nSPS) is 16.6. The summed E-state index contributed by atoms with van der Waals surface area (Å²) in [5, 5.41) is 8.83. The summed E-state index contributed by atoms with van der Waals surface area (Å²) < 4.78 is 26.8. The third-order valence-corrected chi connectivity index (χ3v) is 5.03. The molecule has 1 aromatic rings. The Hall–Kier alpha value is -0.950. The van der Waals surface area contributed by atoms with Crippen molar-refractivity contribution >= 4 is 10.0 Å². The van der Waals surface area contributed by atoms with Crippen LogP contribution < -0.4 is 4.72 Å². The lowest BCUT2D eigenvalue weighted by molar-refractivity contribution is 0.299. The fourth-order valence-corrected chi connectivity index (χ4v) is 3.41. The number of rotatable bonds is 7. The monoisotopic (exact) mass is 298 g/mol. The van der Waals surface area contributed by atoms with Crippen molar-refractivity contribution in [2.45, 2.75) is 24.2 Å². The van der Waals surface area contributed by atoms with Gasteiger partial charge in [-0.25, -0.2) is 13.1 Å². The van der Waals surface area contributed by atoms with Crippen LogP contribution in [0.5, 0.6) is 0 Å². The van der Waals surface area contributed by atoms with Crippen molar-refractivity contribution in [3.63, 3.8) is 0 Å². The molecule has 0 unspecified atom stereocenters. The second kappa shape index (κ2) is 7.17. The number of benzene rings is 1. The van der Waals surface area contributed by atoms with Gasteiger partial charge in [-0.1, -0.05) is 12.1 Å². The maximum Gasteiger partial charge on any atom is 0.240 e. The van der Waals surface area contributed by atoms with Gasteiger partial charge in [0.05, 0.1) is 4.90 Å². The Morgan fingerprint density at radius 2 is 1.80 bits per heavy atom. The Labute approximate surface area is 120 Å². The van der Waals surface area contributed by atoms with E-state index >= 15 is 0 Å². The molecule has 0 aliphatic carbocycles. The average molecular weight is 298 g/mol. The van der Waals surface area contributed by atoms with Gasteiger partial charge in [0, 0.05) is 19.7 Å². The maximum absolute atomic E-state index is 12.1. The van der Waals surface area contributed by atoms with Crippen LogP contribution >= 0.6 is 0 Å². The third kappa shape index (κ3) is 4.28. The molecule has 0 saturated carbocycles. The van der Waals surface area contributed by atoms with Crippen LogP contribution in [0.1, 0.15) is 18.4 Å². The quantitative estimate of drug-likeness (QED) is 0.773. The molecule has 5 nitrogen and oxygen atoms in total. The van der Waals surface area contributed by atoms with Crippen LogP contribution in [0, 0.1) is 0 Å². The highest BCUT2D eigenvalue weighted by Gasteiger charge is 2.15. The molecule has 1 saturated heterocycles. The lowest BCUT2D eigenvalue weighted by Crippen LogP contribution is -2.33. The standard InChI is InChI=1S/C14H22N2O3S/c17-12-7-13-3-5-14(6-4-13)20(18,19)15-8-11-16-9-1-2-10-16/h3-6,15,17H,1-2,7-12H2. The molecule has 2 rings (SSSR count). The van der Waals surface area contributed by atoms with E-state index in [2.05, 4.69) is 9.62 Å². The van der Waals surface area contributed by atoms with Gasteiger partial charge in [-0.15, -0.1) is 0 Å². The first-order valence-electron chi connectivity index (χ1n) is 7.03. The Bertz CT molecular complexity index is 508. The summed E-state index contributed by atoms with van der Waals surface area (Å²) in [7, 11) is -3.42. The SMILES string of the molecule is O=S(=O)(NCCN1CCCC1)c1ccc(CCO)cc1. The van der Waals surface area contributed by atoms with Gasteiger partial charge >= 0.3 is 0 Å². The molecule has 0 radical (unpaired) electrons. The third-order valence-electron chi connectivity index (χ3n) is 3.55. The zero-order valence-electron chi connectivity index (χ0n) is 11.6. The van der Waals surface area contributed by atoms with Gasteiger partial charge in [-0.2, -0.15) is 0 Å². The summed E-state index contributed by atoms with van der Waals surface area (Å²) in [5.74, 6) is 0. The summed E-state index contributed by atoms with van der Waals surface area (Å²) in [4.78, 5) is 2.55. The van der Waals surface area contributed by atoms with Gasteiger partial charge < -0.3 is 10.0 Å². The number of aliphatic hydroxyl groups excluding tert-OH is 1. The van der Waals surface area contributed by atoms with Gasteiger partial charge in [-0.3, -0.25) is 0 Å². The maximum atomic E-state index is 12.1. The molecule has 1 heterocycles. The molecule has 1 aromatic carbocycles. The predicted octanol–water partition coefficient (Wildman–Crippen LogP) is 0.595. The zero-order chi connectivity index (χ0) is 14.4. The van der Waals surface area contributed by atoms with Crippen LogP contribution in [0.15, 0.2) is 29.2 Å². The second-order valence-corrected chi connectivity index (χ2v) is 6.83. The summed E-state index contributed by atoms with van der Waals surface area (Å²) in [6.45, 7) is 3.41. The zero-order valence-corrected chi connectivity index (χ0v) is 12.4. The lowest BCUT2D eigenvalue weighted by Gasteiger charge is -2.14. The summed E-state index contributed by atoms with van der Waals surface area (Å²) in [5.41, 5.74) is 0.934. The van der Waals surface area contributed by atoms with Crippen LogP contribution in [0.3, 0.4) is 0 Å². The number of sulfonamides is 1. The first kappa shape index (κ1) is 15.4. The summed E-state index contributed by atoms with van der Waals surface area (Å²) in [6.07, 6.45) is 2.96. The molecule has 1 fully saturated rings. The fraction of sp³-hybridized carbons (Fsp3) is 0.571.